The molecule has 1 fully saturated rings. The maximum absolute atomic E-state index is 14.0. The van der Waals surface area contributed by atoms with Crippen molar-refractivity contribution in [1.82, 2.24) is 15.1 Å². The average Bonchev–Trinajstić information content (AvgIpc) is 3.34. The molecule has 224 valence electrons. The van der Waals surface area contributed by atoms with Crippen molar-refractivity contribution in [3.05, 3.63) is 89.2 Å². The monoisotopic (exact) mass is 584 g/mol. The van der Waals surface area contributed by atoms with Crippen molar-refractivity contribution >= 4 is 46.1 Å². The quantitative estimate of drug-likeness (QED) is 0.329. The lowest BCUT2D eigenvalue weighted by Gasteiger charge is -2.32. The lowest BCUT2D eigenvalue weighted by molar-refractivity contribution is -0.121. The van der Waals surface area contributed by atoms with Crippen molar-refractivity contribution in [3.63, 3.8) is 0 Å². The van der Waals surface area contributed by atoms with Crippen LogP contribution < -0.4 is 20.9 Å². The van der Waals surface area contributed by atoms with Crippen LogP contribution in [0.15, 0.2) is 66.7 Å². The Kier molecular flexibility index (Phi) is 9.18. The van der Waals surface area contributed by atoms with Gasteiger partial charge in [-0.25, -0.2) is 4.39 Å². The maximum atomic E-state index is 14.0. The summed E-state index contributed by atoms with van der Waals surface area (Å²) in [5.41, 5.74) is 4.98. The number of carbonyl (C=O) groups excluding carboxylic acids is 3. The lowest BCUT2D eigenvalue weighted by atomic mass is 9.98. The molecule has 2 aliphatic rings. The van der Waals surface area contributed by atoms with Gasteiger partial charge < -0.3 is 25.8 Å². The zero-order valence-electron chi connectivity index (χ0n) is 24.7. The Labute approximate surface area is 251 Å². The van der Waals surface area contributed by atoms with Gasteiger partial charge in [-0.3, -0.25) is 19.3 Å². The Balaban J connectivity index is 1.42. The van der Waals surface area contributed by atoms with Crippen molar-refractivity contribution in [2.24, 2.45) is 0 Å². The van der Waals surface area contributed by atoms with Gasteiger partial charge >= 0.3 is 0 Å². The van der Waals surface area contributed by atoms with Crippen LogP contribution in [-0.4, -0.2) is 74.3 Å². The molecule has 2 aliphatic heterocycles. The molecule has 43 heavy (non-hydrogen) atoms. The Morgan fingerprint density at radius 2 is 1.74 bits per heavy atom. The smallest absolute Gasteiger partial charge is 0.258 e. The van der Waals surface area contributed by atoms with E-state index < -0.39 is 5.82 Å². The molecule has 0 unspecified atom stereocenters. The zero-order valence-corrected chi connectivity index (χ0v) is 24.7. The van der Waals surface area contributed by atoms with Gasteiger partial charge in [0.25, 0.3) is 5.91 Å². The fraction of sp³-hybridized carbons (Fsp3) is 0.303. The standard InChI is InChI=1S/C33H37FN6O3/c1-4-29(41)35-20-22-6-5-7-23(18-22)32(31-27-13-8-24(34)19-28(27)37-33(31)43)36-25-9-11-26(12-10-25)39(3)30(42)21-40-16-14-38(2)15-17-40/h5-13,18-19,36H,4,14-17,20-21H2,1-3H3,(H,35,41)(H,37,43). The summed E-state index contributed by atoms with van der Waals surface area (Å²) < 4.78 is 14.0. The van der Waals surface area contributed by atoms with Gasteiger partial charge in [-0.15, -0.1) is 0 Å². The van der Waals surface area contributed by atoms with E-state index in [0.717, 1.165) is 43.0 Å². The number of amides is 3. The van der Waals surface area contributed by atoms with Gasteiger partial charge in [-0.2, -0.15) is 0 Å². The fourth-order valence-corrected chi connectivity index (χ4v) is 5.19. The molecule has 10 heteroatoms. The number of benzene rings is 3. The van der Waals surface area contributed by atoms with Crippen molar-refractivity contribution in [2.45, 2.75) is 19.9 Å². The van der Waals surface area contributed by atoms with E-state index in [-0.39, 0.29) is 17.7 Å². The number of rotatable bonds is 9. The fourth-order valence-electron chi connectivity index (χ4n) is 5.19. The van der Waals surface area contributed by atoms with Crippen LogP contribution in [-0.2, 0) is 20.9 Å². The van der Waals surface area contributed by atoms with Gasteiger partial charge in [0.2, 0.25) is 11.8 Å². The lowest BCUT2D eigenvalue weighted by Crippen LogP contribution is -2.48. The molecule has 0 saturated carbocycles. The third-order valence-corrected chi connectivity index (χ3v) is 7.86. The Morgan fingerprint density at radius 1 is 1.00 bits per heavy atom. The summed E-state index contributed by atoms with van der Waals surface area (Å²) >= 11 is 0. The van der Waals surface area contributed by atoms with E-state index in [1.165, 1.54) is 12.1 Å². The molecule has 3 aromatic rings. The Hall–Kier alpha value is -4.54. The summed E-state index contributed by atoms with van der Waals surface area (Å²) in [5, 5.41) is 9.07. The molecule has 1 saturated heterocycles. The first-order valence-corrected chi connectivity index (χ1v) is 14.5. The first-order chi connectivity index (χ1) is 20.7. The second-order valence-corrected chi connectivity index (χ2v) is 10.9. The number of hydrogen-bond acceptors (Lipinski definition) is 6. The molecule has 0 spiro atoms. The van der Waals surface area contributed by atoms with Crippen molar-refractivity contribution in [1.29, 1.82) is 0 Å². The van der Waals surface area contributed by atoms with Gasteiger partial charge in [-0.1, -0.05) is 25.1 Å². The van der Waals surface area contributed by atoms with E-state index in [1.807, 2.05) is 48.5 Å². The first kappa shape index (κ1) is 29.9. The number of halogens is 1. The van der Waals surface area contributed by atoms with E-state index in [0.29, 0.717) is 47.7 Å². The summed E-state index contributed by atoms with van der Waals surface area (Å²) in [4.78, 5) is 44.2. The van der Waals surface area contributed by atoms with Crippen molar-refractivity contribution < 1.29 is 18.8 Å². The Morgan fingerprint density at radius 3 is 2.47 bits per heavy atom. The maximum Gasteiger partial charge on any atom is 0.258 e. The van der Waals surface area contributed by atoms with Gasteiger partial charge in [0.15, 0.2) is 0 Å². The average molecular weight is 585 g/mol. The Bertz CT molecular complexity index is 1550. The van der Waals surface area contributed by atoms with Gasteiger partial charge in [-0.05, 0) is 66.7 Å². The van der Waals surface area contributed by atoms with Crippen LogP contribution in [0.1, 0.15) is 30.0 Å². The van der Waals surface area contributed by atoms with Crippen molar-refractivity contribution in [2.75, 3.05) is 62.4 Å². The zero-order chi connectivity index (χ0) is 30.5. The number of likely N-dealkylation sites (N-methyl/N-ethyl adjacent to an activating group) is 2. The molecule has 0 aromatic heterocycles. The number of carbonyl (C=O) groups is 3. The van der Waals surface area contributed by atoms with Gasteiger partial charge in [0, 0.05) is 63.1 Å². The molecule has 0 atom stereocenters. The molecule has 2 heterocycles. The molecule has 3 N–H and O–H groups in total. The summed E-state index contributed by atoms with van der Waals surface area (Å²) in [6.45, 7) is 6.14. The number of anilines is 3. The molecule has 0 aliphatic carbocycles. The van der Waals surface area contributed by atoms with Gasteiger partial charge in [0.1, 0.15) is 5.82 Å². The summed E-state index contributed by atoms with van der Waals surface area (Å²) in [6.07, 6.45) is 0.386. The minimum Gasteiger partial charge on any atom is -0.354 e. The molecule has 5 rings (SSSR count). The first-order valence-electron chi connectivity index (χ1n) is 14.5. The highest BCUT2D eigenvalue weighted by atomic mass is 19.1. The highest BCUT2D eigenvalue weighted by Crippen LogP contribution is 2.38. The predicted molar refractivity (Wildman–Crippen MR) is 168 cm³/mol. The topological polar surface area (TPSA) is 97.0 Å². The van der Waals surface area contributed by atoms with Gasteiger partial charge in [0.05, 0.1) is 23.5 Å². The number of fused-ring (bicyclic) bond motifs is 1. The third kappa shape index (κ3) is 7.10. The second kappa shape index (κ2) is 13.2. The SMILES string of the molecule is CCC(=O)NCc1cccc(C(Nc2ccc(N(C)C(=O)CN3CCN(C)CC3)cc2)=C2C(=O)Nc3cc(F)ccc32)c1. The highest BCUT2D eigenvalue weighted by molar-refractivity contribution is 6.37. The minimum atomic E-state index is -0.439. The minimum absolute atomic E-state index is 0.0199. The summed E-state index contributed by atoms with van der Waals surface area (Å²) in [5.74, 6) is -0.823. The van der Waals surface area contributed by atoms with E-state index >= 15 is 0 Å². The molecule has 9 nitrogen and oxygen atoms in total. The molecule has 3 aromatic carbocycles. The van der Waals surface area contributed by atoms with E-state index in [4.69, 9.17) is 0 Å². The third-order valence-electron chi connectivity index (χ3n) is 7.86. The van der Waals surface area contributed by atoms with E-state index in [9.17, 15) is 18.8 Å². The normalized spacial score (nSPS) is 16.3. The number of nitrogens with zero attached hydrogens (tertiary/aromatic N) is 3. The second-order valence-electron chi connectivity index (χ2n) is 10.9. The van der Waals surface area contributed by atoms with E-state index in [2.05, 4.69) is 32.8 Å². The molecule has 0 radical (unpaired) electrons. The summed E-state index contributed by atoms with van der Waals surface area (Å²) in [7, 11) is 3.86. The van der Waals surface area contributed by atoms with E-state index in [1.54, 1.807) is 24.9 Å². The molecule has 0 bridgehead atoms. The largest absolute Gasteiger partial charge is 0.354 e. The summed E-state index contributed by atoms with van der Waals surface area (Å²) in [6, 6.07) is 19.2. The van der Waals surface area contributed by atoms with Crippen LogP contribution in [0.2, 0.25) is 0 Å². The van der Waals surface area contributed by atoms with Crippen molar-refractivity contribution in [3.8, 4) is 0 Å². The number of hydrogen-bond donors (Lipinski definition) is 3. The van der Waals surface area contributed by atoms with Crippen LogP contribution in [0.25, 0.3) is 11.3 Å². The number of nitrogens with one attached hydrogen (secondary N) is 3. The van der Waals surface area contributed by atoms with Crippen LogP contribution in [0, 0.1) is 5.82 Å². The number of piperazine rings is 1. The van der Waals surface area contributed by atoms with Crippen LogP contribution in [0.4, 0.5) is 21.5 Å². The highest BCUT2D eigenvalue weighted by Gasteiger charge is 2.29. The molecular weight excluding hydrogens is 547 g/mol. The molecule has 3 amide bonds. The molecular formula is C33H37FN6O3. The van der Waals surface area contributed by atoms with Crippen LogP contribution in [0.3, 0.4) is 0 Å². The predicted octanol–water partition coefficient (Wildman–Crippen LogP) is 3.99. The van der Waals surface area contributed by atoms with Crippen LogP contribution in [0.5, 0.6) is 0 Å². The van der Waals surface area contributed by atoms with Crippen LogP contribution >= 0.6 is 0 Å².